The zero-order valence-electron chi connectivity index (χ0n) is 18.3. The van der Waals surface area contributed by atoms with Crippen LogP contribution in [0.15, 0.2) is 60.7 Å². The molecule has 0 heterocycles. The minimum Gasteiger partial charge on any atom is -0.491 e. The number of carbonyl (C=O) groups is 1. The Bertz CT molecular complexity index is 1170. The van der Waals surface area contributed by atoms with Crippen LogP contribution >= 0.6 is 0 Å². The van der Waals surface area contributed by atoms with Gasteiger partial charge < -0.3 is 10.1 Å². The third kappa shape index (κ3) is 5.55. The van der Waals surface area contributed by atoms with Gasteiger partial charge in [0.25, 0.3) is 0 Å². The van der Waals surface area contributed by atoms with E-state index >= 15 is 0 Å². The first-order valence-corrected chi connectivity index (χ1v) is 12.0. The molecule has 1 N–H and O–H groups in total. The molecule has 1 atom stereocenters. The Balaban J connectivity index is 1.65. The molecule has 0 spiro atoms. The Morgan fingerprint density at radius 2 is 1.68 bits per heavy atom. The summed E-state index contributed by atoms with van der Waals surface area (Å²) in [6, 6.07) is 18.3. The van der Waals surface area contributed by atoms with E-state index in [-0.39, 0.29) is 19.1 Å². The lowest BCUT2D eigenvalue weighted by Gasteiger charge is -2.28. The van der Waals surface area contributed by atoms with Crippen molar-refractivity contribution in [2.24, 2.45) is 0 Å². The van der Waals surface area contributed by atoms with Crippen molar-refractivity contribution in [3.05, 3.63) is 71.8 Å². The zero-order valence-corrected chi connectivity index (χ0v) is 19.1. The van der Waals surface area contributed by atoms with Gasteiger partial charge in [-0.05, 0) is 55.5 Å². The van der Waals surface area contributed by atoms with Crippen LogP contribution in [0.25, 0.3) is 10.8 Å². The number of nitrogens with zero attached hydrogens (tertiary/aromatic N) is 1. The van der Waals surface area contributed by atoms with Crippen LogP contribution < -0.4 is 14.4 Å². The summed E-state index contributed by atoms with van der Waals surface area (Å²) in [5, 5.41) is 4.86. The maximum atomic E-state index is 12.7. The molecule has 0 unspecified atom stereocenters. The molecule has 31 heavy (non-hydrogen) atoms. The molecule has 3 aromatic carbocycles. The van der Waals surface area contributed by atoms with E-state index in [0.29, 0.717) is 5.69 Å². The van der Waals surface area contributed by atoms with Crippen molar-refractivity contribution in [3.63, 3.8) is 0 Å². The molecule has 6 nitrogen and oxygen atoms in total. The molecule has 7 heteroatoms. The zero-order chi connectivity index (χ0) is 22.6. The fraction of sp³-hybridized carbons (Fsp3) is 0.292. The Kier molecular flexibility index (Phi) is 6.85. The standard InChI is InChI=1S/C24H28N2O4S/c1-17-14-18(2)16-21(15-17)26(31(4,28)29)19(3)24(27)25-12-13-30-23-11-7-9-20-8-5-6-10-22(20)23/h5-11,14-16,19H,12-13H2,1-4H3,(H,25,27)/t19-/m0/s1. The average Bonchev–Trinajstić information content (AvgIpc) is 2.69. The number of hydrogen-bond acceptors (Lipinski definition) is 4. The Labute approximate surface area is 183 Å². The highest BCUT2D eigenvalue weighted by Gasteiger charge is 2.29. The maximum absolute atomic E-state index is 12.7. The minimum absolute atomic E-state index is 0.261. The Morgan fingerprint density at radius 3 is 2.35 bits per heavy atom. The maximum Gasteiger partial charge on any atom is 0.243 e. The second-order valence-electron chi connectivity index (χ2n) is 7.70. The van der Waals surface area contributed by atoms with Crippen molar-refractivity contribution in [3.8, 4) is 5.75 Å². The summed E-state index contributed by atoms with van der Waals surface area (Å²) < 4.78 is 31.9. The third-order valence-corrected chi connectivity index (χ3v) is 6.20. The summed E-state index contributed by atoms with van der Waals surface area (Å²) >= 11 is 0. The number of ether oxygens (including phenoxy) is 1. The van der Waals surface area contributed by atoms with E-state index in [9.17, 15) is 13.2 Å². The first-order chi connectivity index (χ1) is 14.7. The molecule has 0 aliphatic carbocycles. The van der Waals surface area contributed by atoms with Gasteiger partial charge in [0.15, 0.2) is 0 Å². The molecule has 0 aliphatic rings. The second kappa shape index (κ2) is 9.39. The number of fused-ring (bicyclic) bond motifs is 1. The van der Waals surface area contributed by atoms with Crippen LogP contribution in [0.1, 0.15) is 18.1 Å². The Morgan fingerprint density at radius 1 is 1.03 bits per heavy atom. The van der Waals surface area contributed by atoms with Gasteiger partial charge in [0.05, 0.1) is 18.5 Å². The average molecular weight is 441 g/mol. The number of rotatable bonds is 8. The topological polar surface area (TPSA) is 75.7 Å². The van der Waals surface area contributed by atoms with Crippen molar-refractivity contribution < 1.29 is 17.9 Å². The normalized spacial score (nSPS) is 12.4. The number of anilines is 1. The molecule has 1 amide bonds. The first-order valence-electron chi connectivity index (χ1n) is 10.1. The van der Waals surface area contributed by atoms with E-state index in [1.165, 1.54) is 0 Å². The second-order valence-corrected chi connectivity index (χ2v) is 9.56. The van der Waals surface area contributed by atoms with Crippen molar-refractivity contribution in [1.29, 1.82) is 0 Å². The predicted molar refractivity (Wildman–Crippen MR) is 125 cm³/mol. The lowest BCUT2D eigenvalue weighted by Crippen LogP contribution is -2.48. The molecular formula is C24H28N2O4S. The Hall–Kier alpha value is -3.06. The monoisotopic (exact) mass is 440 g/mol. The molecule has 0 radical (unpaired) electrons. The number of hydrogen-bond donors (Lipinski definition) is 1. The quantitative estimate of drug-likeness (QED) is 0.541. The van der Waals surface area contributed by atoms with Gasteiger partial charge in [0.1, 0.15) is 18.4 Å². The van der Waals surface area contributed by atoms with Gasteiger partial charge in [-0.1, -0.05) is 42.5 Å². The molecular weight excluding hydrogens is 412 g/mol. The van der Waals surface area contributed by atoms with Crippen LogP contribution in [0.4, 0.5) is 5.69 Å². The molecule has 3 aromatic rings. The number of amides is 1. The number of sulfonamides is 1. The lowest BCUT2D eigenvalue weighted by atomic mass is 10.1. The number of benzene rings is 3. The number of aryl methyl sites for hydroxylation is 2. The highest BCUT2D eigenvalue weighted by molar-refractivity contribution is 7.92. The van der Waals surface area contributed by atoms with Crippen LogP contribution in [0, 0.1) is 13.8 Å². The first kappa shape index (κ1) is 22.6. The highest BCUT2D eigenvalue weighted by Crippen LogP contribution is 2.25. The van der Waals surface area contributed by atoms with Gasteiger partial charge in [-0.2, -0.15) is 0 Å². The van der Waals surface area contributed by atoms with E-state index in [0.717, 1.165) is 38.2 Å². The highest BCUT2D eigenvalue weighted by atomic mass is 32.2. The van der Waals surface area contributed by atoms with E-state index in [4.69, 9.17) is 4.74 Å². The molecule has 3 rings (SSSR count). The SMILES string of the molecule is Cc1cc(C)cc(N([C@@H](C)C(=O)NCCOc2cccc3ccccc23)S(C)(=O)=O)c1. The van der Waals surface area contributed by atoms with E-state index < -0.39 is 16.1 Å². The summed E-state index contributed by atoms with van der Waals surface area (Å²) in [6.45, 7) is 5.91. The minimum atomic E-state index is -3.65. The summed E-state index contributed by atoms with van der Waals surface area (Å²) in [6.07, 6.45) is 1.11. The van der Waals surface area contributed by atoms with E-state index in [1.807, 2.05) is 62.4 Å². The van der Waals surface area contributed by atoms with Crippen LogP contribution in [0.2, 0.25) is 0 Å². The fourth-order valence-corrected chi connectivity index (χ4v) is 4.85. The molecule has 0 aliphatic heterocycles. The van der Waals surface area contributed by atoms with E-state index in [2.05, 4.69) is 5.32 Å². The van der Waals surface area contributed by atoms with Gasteiger partial charge in [-0.15, -0.1) is 0 Å². The summed E-state index contributed by atoms with van der Waals surface area (Å²) in [5.41, 5.74) is 2.34. The number of nitrogens with one attached hydrogen (secondary N) is 1. The predicted octanol–water partition coefficient (Wildman–Crippen LogP) is 3.81. The van der Waals surface area contributed by atoms with Crippen molar-refractivity contribution >= 4 is 32.4 Å². The van der Waals surface area contributed by atoms with Crippen molar-refractivity contribution in [2.75, 3.05) is 23.7 Å². The molecule has 164 valence electrons. The third-order valence-electron chi connectivity index (χ3n) is 4.96. The molecule has 0 fully saturated rings. The number of carbonyl (C=O) groups excluding carboxylic acids is 1. The van der Waals surface area contributed by atoms with Crippen molar-refractivity contribution in [2.45, 2.75) is 26.8 Å². The van der Waals surface area contributed by atoms with Gasteiger partial charge in [0.2, 0.25) is 15.9 Å². The van der Waals surface area contributed by atoms with Crippen LogP contribution in [-0.2, 0) is 14.8 Å². The summed E-state index contributed by atoms with van der Waals surface area (Å²) in [4.78, 5) is 12.7. The lowest BCUT2D eigenvalue weighted by molar-refractivity contribution is -0.121. The fourth-order valence-electron chi connectivity index (χ4n) is 3.69. The summed E-state index contributed by atoms with van der Waals surface area (Å²) in [5.74, 6) is 0.361. The van der Waals surface area contributed by atoms with Crippen molar-refractivity contribution in [1.82, 2.24) is 5.32 Å². The molecule has 0 bridgehead atoms. The van der Waals surface area contributed by atoms with E-state index in [1.54, 1.807) is 19.1 Å². The van der Waals surface area contributed by atoms with Gasteiger partial charge >= 0.3 is 0 Å². The molecule has 0 aromatic heterocycles. The van der Waals surface area contributed by atoms with Gasteiger partial charge in [-0.25, -0.2) is 8.42 Å². The largest absolute Gasteiger partial charge is 0.491 e. The van der Waals surface area contributed by atoms with Gasteiger partial charge in [0, 0.05) is 5.39 Å². The summed E-state index contributed by atoms with van der Waals surface area (Å²) in [7, 11) is -3.65. The molecule has 0 saturated heterocycles. The smallest absolute Gasteiger partial charge is 0.243 e. The van der Waals surface area contributed by atoms with Gasteiger partial charge in [-0.3, -0.25) is 9.10 Å². The molecule has 0 saturated carbocycles. The van der Waals surface area contributed by atoms with Crippen LogP contribution in [-0.4, -0.2) is 39.8 Å². The van der Waals surface area contributed by atoms with Crippen LogP contribution in [0.5, 0.6) is 5.75 Å². The van der Waals surface area contributed by atoms with Crippen LogP contribution in [0.3, 0.4) is 0 Å².